The fourth-order valence-corrected chi connectivity index (χ4v) is 13.4. The van der Waals surface area contributed by atoms with Crippen LogP contribution in [0.4, 0.5) is 0 Å². The summed E-state index contributed by atoms with van der Waals surface area (Å²) in [7, 11) is -9.61. The van der Waals surface area contributed by atoms with E-state index in [1.165, 1.54) is 10.4 Å². The fourth-order valence-electron chi connectivity index (χ4n) is 5.55. The van der Waals surface area contributed by atoms with Gasteiger partial charge in [0.1, 0.15) is 0 Å². The van der Waals surface area contributed by atoms with Gasteiger partial charge in [0, 0.05) is 0 Å². The summed E-state index contributed by atoms with van der Waals surface area (Å²) in [5.74, 6) is 0. The van der Waals surface area contributed by atoms with E-state index in [1.54, 1.807) is 27.7 Å². The standard InChI is InChI=1S/C33H48O7P2Si/c1-8-36-41(34,37-9-2)26-29-22-28(23-30(24-29)27-42(35,38-10-3)39-11-4)25-40-43(33(5,6)7,31-18-14-12-15-19-31)32-20-16-13-17-21-32/h12-24H,8-11,25-27H2,1-7H3. The van der Waals surface area contributed by atoms with Crippen LogP contribution in [0.1, 0.15) is 65.2 Å². The van der Waals surface area contributed by atoms with Crippen molar-refractivity contribution in [3.8, 4) is 0 Å². The molecular weight excluding hydrogens is 598 g/mol. The van der Waals surface area contributed by atoms with E-state index in [0.29, 0.717) is 6.61 Å². The maximum atomic E-state index is 13.5. The Morgan fingerprint density at radius 2 is 0.930 bits per heavy atom. The van der Waals surface area contributed by atoms with Gasteiger partial charge in [-0.3, -0.25) is 9.13 Å². The van der Waals surface area contributed by atoms with Gasteiger partial charge in [-0.1, -0.05) is 99.6 Å². The van der Waals surface area contributed by atoms with E-state index < -0.39 is 23.5 Å². The molecule has 0 unspecified atom stereocenters. The molecule has 0 N–H and O–H groups in total. The van der Waals surface area contributed by atoms with Crippen LogP contribution >= 0.6 is 15.2 Å². The second kappa shape index (κ2) is 15.9. The minimum absolute atomic E-state index is 0.0856. The van der Waals surface area contributed by atoms with Crippen LogP contribution in [0.3, 0.4) is 0 Å². The SMILES string of the molecule is CCOP(=O)(Cc1cc(CO[Si](c2ccccc2)(c2ccccc2)C(C)(C)C)cc(CP(=O)(OCC)OCC)c1)OCC. The van der Waals surface area contributed by atoms with Gasteiger partial charge in [-0.05, 0) is 59.8 Å². The molecule has 0 aliphatic carbocycles. The van der Waals surface area contributed by atoms with Crippen molar-refractivity contribution in [3.63, 3.8) is 0 Å². The molecule has 0 spiro atoms. The maximum Gasteiger partial charge on any atom is 0.335 e. The van der Waals surface area contributed by atoms with E-state index in [-0.39, 0.29) is 43.8 Å². The molecule has 236 valence electrons. The summed E-state index contributed by atoms with van der Waals surface area (Å²) >= 11 is 0. The molecule has 0 radical (unpaired) electrons. The lowest BCUT2D eigenvalue weighted by Gasteiger charge is -2.43. The lowest BCUT2D eigenvalue weighted by molar-refractivity contribution is 0.218. The predicted octanol–water partition coefficient (Wildman–Crippen LogP) is 8.30. The highest BCUT2D eigenvalue weighted by molar-refractivity contribution is 7.53. The van der Waals surface area contributed by atoms with E-state index >= 15 is 0 Å². The molecule has 43 heavy (non-hydrogen) atoms. The zero-order valence-corrected chi connectivity index (χ0v) is 29.5. The van der Waals surface area contributed by atoms with Crippen LogP contribution in [0.25, 0.3) is 0 Å². The van der Waals surface area contributed by atoms with Crippen LogP contribution in [0.2, 0.25) is 5.04 Å². The second-order valence-electron chi connectivity index (χ2n) is 11.3. The van der Waals surface area contributed by atoms with Gasteiger partial charge < -0.3 is 22.5 Å². The third-order valence-electron chi connectivity index (χ3n) is 7.04. The Hall–Kier alpha value is -1.86. The van der Waals surface area contributed by atoms with E-state index in [0.717, 1.165) is 16.7 Å². The van der Waals surface area contributed by atoms with Gasteiger partial charge >= 0.3 is 15.2 Å². The molecule has 0 amide bonds. The van der Waals surface area contributed by atoms with Crippen molar-refractivity contribution < 1.29 is 31.7 Å². The predicted molar refractivity (Wildman–Crippen MR) is 178 cm³/mol. The number of rotatable bonds is 17. The quantitative estimate of drug-likeness (QED) is 0.108. The monoisotopic (exact) mass is 646 g/mol. The first-order valence-corrected chi connectivity index (χ1v) is 20.4. The van der Waals surface area contributed by atoms with Crippen LogP contribution in [0.15, 0.2) is 78.9 Å². The first-order chi connectivity index (χ1) is 20.4. The van der Waals surface area contributed by atoms with Crippen molar-refractivity contribution in [2.24, 2.45) is 0 Å². The third kappa shape index (κ3) is 9.32. The molecule has 0 atom stereocenters. The van der Waals surface area contributed by atoms with Crippen molar-refractivity contribution in [1.82, 2.24) is 0 Å². The number of hydrogen-bond acceptors (Lipinski definition) is 7. The second-order valence-corrected chi connectivity index (χ2v) is 19.7. The van der Waals surface area contributed by atoms with E-state index in [4.69, 9.17) is 22.5 Å². The highest BCUT2D eigenvalue weighted by atomic mass is 31.2. The smallest absolute Gasteiger partial charge is 0.335 e. The van der Waals surface area contributed by atoms with Crippen LogP contribution < -0.4 is 10.4 Å². The number of hydrogen-bond donors (Lipinski definition) is 0. The molecule has 3 aromatic carbocycles. The van der Waals surface area contributed by atoms with Gasteiger partial charge in [-0.15, -0.1) is 0 Å². The highest BCUT2D eigenvalue weighted by Gasteiger charge is 2.50. The Balaban J connectivity index is 2.12. The van der Waals surface area contributed by atoms with Crippen LogP contribution in [0.5, 0.6) is 0 Å². The Labute approximate surface area is 259 Å². The summed E-state index contributed by atoms with van der Waals surface area (Å²) in [5.41, 5.74) is 2.38. The van der Waals surface area contributed by atoms with Crippen molar-refractivity contribution in [2.75, 3.05) is 26.4 Å². The first kappa shape index (κ1) is 35.6. The van der Waals surface area contributed by atoms with E-state index in [2.05, 4.69) is 69.3 Å². The molecule has 0 bridgehead atoms. The van der Waals surface area contributed by atoms with Crippen molar-refractivity contribution in [2.45, 2.75) is 72.4 Å². The molecule has 0 heterocycles. The molecule has 0 saturated heterocycles. The van der Waals surface area contributed by atoms with Gasteiger partial charge in [-0.25, -0.2) is 0 Å². The van der Waals surface area contributed by atoms with Crippen molar-refractivity contribution in [3.05, 3.63) is 95.6 Å². The van der Waals surface area contributed by atoms with Crippen LogP contribution in [0, 0.1) is 0 Å². The zero-order valence-electron chi connectivity index (χ0n) is 26.7. The van der Waals surface area contributed by atoms with E-state index in [9.17, 15) is 9.13 Å². The summed E-state index contributed by atoms with van der Waals surface area (Å²) < 4.78 is 56.7. The highest BCUT2D eigenvalue weighted by Crippen LogP contribution is 2.53. The Kier molecular flexibility index (Phi) is 13.2. The average Bonchev–Trinajstić information content (AvgIpc) is 2.94. The maximum absolute atomic E-state index is 13.5. The normalized spacial score (nSPS) is 12.9. The van der Waals surface area contributed by atoms with Gasteiger partial charge in [0.05, 0.1) is 45.4 Å². The topological polar surface area (TPSA) is 80.3 Å². The van der Waals surface area contributed by atoms with Crippen LogP contribution in [-0.4, -0.2) is 34.7 Å². The molecule has 0 aliphatic heterocycles. The molecule has 7 nitrogen and oxygen atoms in total. The first-order valence-electron chi connectivity index (χ1n) is 15.1. The fraction of sp³-hybridized carbons (Fsp3) is 0.455. The largest absolute Gasteiger partial charge is 0.403 e. The Morgan fingerprint density at radius 1 is 0.581 bits per heavy atom. The van der Waals surface area contributed by atoms with Gasteiger partial charge in [-0.2, -0.15) is 0 Å². The lowest BCUT2D eigenvalue weighted by Crippen LogP contribution is -2.66. The van der Waals surface area contributed by atoms with Crippen molar-refractivity contribution >= 4 is 33.9 Å². The van der Waals surface area contributed by atoms with Crippen LogP contribution in [-0.2, 0) is 50.6 Å². The van der Waals surface area contributed by atoms with Gasteiger partial charge in [0.25, 0.3) is 8.32 Å². The number of benzene rings is 3. The molecule has 3 rings (SSSR count). The molecular formula is C33H48O7P2Si. The molecule has 3 aromatic rings. The summed E-state index contributed by atoms with van der Waals surface area (Å²) in [6.45, 7) is 15.3. The van der Waals surface area contributed by atoms with E-state index in [1.807, 2.05) is 30.3 Å². The summed E-state index contributed by atoms with van der Waals surface area (Å²) in [6.07, 6.45) is 0.171. The molecule has 0 fully saturated rings. The summed E-state index contributed by atoms with van der Waals surface area (Å²) in [5, 5.41) is 2.16. The Bertz CT molecular complexity index is 1270. The van der Waals surface area contributed by atoms with Crippen molar-refractivity contribution in [1.29, 1.82) is 0 Å². The zero-order chi connectivity index (χ0) is 31.6. The summed E-state index contributed by atoms with van der Waals surface area (Å²) in [6, 6.07) is 26.8. The molecule has 10 heteroatoms. The van der Waals surface area contributed by atoms with Gasteiger partial charge in [0.2, 0.25) is 0 Å². The Morgan fingerprint density at radius 3 is 1.26 bits per heavy atom. The third-order valence-corrected chi connectivity index (χ3v) is 16.1. The minimum Gasteiger partial charge on any atom is -0.403 e. The van der Waals surface area contributed by atoms with Gasteiger partial charge in [0.15, 0.2) is 0 Å². The summed E-state index contributed by atoms with van der Waals surface area (Å²) in [4.78, 5) is 0. The average molecular weight is 647 g/mol. The molecule has 0 saturated carbocycles. The lowest BCUT2D eigenvalue weighted by atomic mass is 10.1. The molecule has 0 aromatic heterocycles. The minimum atomic E-state index is -3.39. The molecule has 0 aliphatic rings.